The van der Waals surface area contributed by atoms with Crippen LogP contribution in [0.5, 0.6) is 5.75 Å². The molecule has 0 saturated heterocycles. The number of carboxylic acid groups (broad SMARTS) is 1. The Hall–Kier alpha value is -2.11. The molecule has 0 aliphatic heterocycles. The lowest BCUT2D eigenvalue weighted by molar-refractivity contribution is -0.166. The van der Waals surface area contributed by atoms with Gasteiger partial charge in [-0.3, -0.25) is 0 Å². The standard InChI is InChI=1S/C11H9F2NO3/c1-17-7-3-2-6-4-9(14-8(6)5-7)11(12,13)10(15)16/h2-5,14H,1H3,(H,15,16). The molecule has 1 aromatic heterocycles. The van der Waals surface area contributed by atoms with E-state index in [2.05, 4.69) is 4.98 Å². The fourth-order valence-corrected chi connectivity index (χ4v) is 1.52. The summed E-state index contributed by atoms with van der Waals surface area (Å²) in [6.07, 6.45) is 0. The number of carboxylic acids is 1. The van der Waals surface area contributed by atoms with Crippen LogP contribution in [0.3, 0.4) is 0 Å². The zero-order chi connectivity index (χ0) is 12.6. The monoisotopic (exact) mass is 241 g/mol. The Balaban J connectivity index is 2.55. The molecule has 0 spiro atoms. The van der Waals surface area contributed by atoms with E-state index in [0.717, 1.165) is 6.07 Å². The van der Waals surface area contributed by atoms with Crippen LogP contribution in [0.4, 0.5) is 8.78 Å². The minimum absolute atomic E-state index is 0.403. The van der Waals surface area contributed by atoms with E-state index in [9.17, 15) is 13.6 Å². The van der Waals surface area contributed by atoms with Crippen LogP contribution in [0.2, 0.25) is 0 Å². The van der Waals surface area contributed by atoms with Gasteiger partial charge in [-0.25, -0.2) is 4.79 Å². The second-order valence-corrected chi connectivity index (χ2v) is 3.52. The summed E-state index contributed by atoms with van der Waals surface area (Å²) in [6.45, 7) is 0. The van der Waals surface area contributed by atoms with E-state index in [1.165, 1.54) is 13.2 Å². The minimum Gasteiger partial charge on any atom is -0.497 e. The Kier molecular flexibility index (Phi) is 2.49. The molecular weight excluding hydrogens is 232 g/mol. The van der Waals surface area contributed by atoms with E-state index in [4.69, 9.17) is 9.84 Å². The Bertz CT molecular complexity index is 577. The lowest BCUT2D eigenvalue weighted by Gasteiger charge is -2.07. The topological polar surface area (TPSA) is 62.3 Å². The largest absolute Gasteiger partial charge is 0.497 e. The molecule has 0 bridgehead atoms. The van der Waals surface area contributed by atoms with E-state index in [1.54, 1.807) is 12.1 Å². The second-order valence-electron chi connectivity index (χ2n) is 3.52. The highest BCUT2D eigenvalue weighted by atomic mass is 19.3. The minimum atomic E-state index is -3.92. The predicted octanol–water partition coefficient (Wildman–Crippen LogP) is 2.35. The number of halogens is 2. The highest BCUT2D eigenvalue weighted by Crippen LogP contribution is 2.31. The molecule has 90 valence electrons. The average Bonchev–Trinajstić information content (AvgIpc) is 2.71. The van der Waals surface area contributed by atoms with Gasteiger partial charge < -0.3 is 14.8 Å². The number of H-pyrrole nitrogens is 1. The first-order chi connectivity index (χ1) is 7.95. The van der Waals surface area contributed by atoms with Gasteiger partial charge in [-0.2, -0.15) is 8.78 Å². The maximum Gasteiger partial charge on any atom is 0.382 e. The Labute approximate surface area is 94.8 Å². The van der Waals surface area contributed by atoms with E-state index >= 15 is 0 Å². The molecule has 17 heavy (non-hydrogen) atoms. The summed E-state index contributed by atoms with van der Waals surface area (Å²) in [4.78, 5) is 12.8. The Morgan fingerprint density at radius 2 is 2.12 bits per heavy atom. The molecule has 2 rings (SSSR count). The quantitative estimate of drug-likeness (QED) is 0.867. The number of hydrogen-bond donors (Lipinski definition) is 2. The Morgan fingerprint density at radius 1 is 1.41 bits per heavy atom. The molecule has 4 nitrogen and oxygen atoms in total. The van der Waals surface area contributed by atoms with Crippen molar-refractivity contribution >= 4 is 16.9 Å². The molecule has 0 fully saturated rings. The van der Waals surface area contributed by atoms with Gasteiger partial charge in [0.05, 0.1) is 12.8 Å². The fraction of sp³-hybridized carbons (Fsp3) is 0.182. The number of fused-ring (bicyclic) bond motifs is 1. The molecule has 2 aromatic rings. The zero-order valence-corrected chi connectivity index (χ0v) is 8.83. The summed E-state index contributed by atoms with van der Waals surface area (Å²) >= 11 is 0. The lowest BCUT2D eigenvalue weighted by Crippen LogP contribution is -2.25. The van der Waals surface area contributed by atoms with Crippen LogP contribution >= 0.6 is 0 Å². The van der Waals surface area contributed by atoms with Crippen molar-refractivity contribution < 1.29 is 23.4 Å². The second kappa shape index (κ2) is 3.73. The molecule has 0 radical (unpaired) electrons. The van der Waals surface area contributed by atoms with Gasteiger partial charge in [0.2, 0.25) is 0 Å². The molecule has 1 aromatic carbocycles. The lowest BCUT2D eigenvalue weighted by atomic mass is 10.2. The molecule has 0 aliphatic rings. The number of aromatic amines is 1. The normalized spacial score (nSPS) is 11.7. The molecule has 6 heteroatoms. The number of alkyl halides is 2. The van der Waals surface area contributed by atoms with Gasteiger partial charge in [-0.1, -0.05) is 0 Å². The average molecular weight is 241 g/mol. The van der Waals surface area contributed by atoms with Crippen LogP contribution in [-0.4, -0.2) is 23.2 Å². The van der Waals surface area contributed by atoms with Crippen molar-refractivity contribution in [3.63, 3.8) is 0 Å². The SMILES string of the molecule is COc1ccc2cc(C(F)(F)C(=O)O)[nH]c2c1. The molecule has 0 atom stereocenters. The first-order valence-electron chi connectivity index (χ1n) is 4.73. The van der Waals surface area contributed by atoms with Crippen molar-refractivity contribution in [1.29, 1.82) is 0 Å². The van der Waals surface area contributed by atoms with Crippen molar-refractivity contribution in [2.45, 2.75) is 5.92 Å². The number of aromatic nitrogens is 1. The van der Waals surface area contributed by atoms with Crippen molar-refractivity contribution in [3.05, 3.63) is 30.0 Å². The summed E-state index contributed by atoms with van der Waals surface area (Å²) in [6, 6.07) is 5.82. The van der Waals surface area contributed by atoms with Gasteiger partial charge >= 0.3 is 11.9 Å². The summed E-state index contributed by atoms with van der Waals surface area (Å²) in [5.74, 6) is -5.60. The van der Waals surface area contributed by atoms with Gasteiger partial charge in [0.15, 0.2) is 0 Å². The molecule has 0 aliphatic carbocycles. The van der Waals surface area contributed by atoms with Crippen LogP contribution < -0.4 is 4.74 Å². The van der Waals surface area contributed by atoms with E-state index in [1.807, 2.05) is 0 Å². The van der Waals surface area contributed by atoms with Crippen LogP contribution in [0, 0.1) is 0 Å². The third kappa shape index (κ3) is 1.82. The van der Waals surface area contributed by atoms with Crippen LogP contribution in [0.25, 0.3) is 10.9 Å². The summed E-state index contributed by atoms with van der Waals surface area (Å²) in [5.41, 5.74) is -0.242. The molecule has 0 unspecified atom stereocenters. The number of rotatable bonds is 3. The smallest absolute Gasteiger partial charge is 0.382 e. The molecule has 0 amide bonds. The summed E-state index contributed by atoms with van der Waals surface area (Å²) in [5, 5.41) is 8.93. The van der Waals surface area contributed by atoms with E-state index in [-0.39, 0.29) is 0 Å². The van der Waals surface area contributed by atoms with Crippen molar-refractivity contribution in [2.24, 2.45) is 0 Å². The first-order valence-corrected chi connectivity index (χ1v) is 4.73. The van der Waals surface area contributed by atoms with Crippen LogP contribution in [0.1, 0.15) is 5.69 Å². The van der Waals surface area contributed by atoms with Gasteiger partial charge in [0, 0.05) is 17.0 Å². The Morgan fingerprint density at radius 3 is 2.71 bits per heavy atom. The third-order valence-electron chi connectivity index (χ3n) is 2.44. The first kappa shape index (κ1) is 11.4. The number of hydrogen-bond acceptors (Lipinski definition) is 2. The zero-order valence-electron chi connectivity index (χ0n) is 8.83. The van der Waals surface area contributed by atoms with Crippen molar-refractivity contribution in [2.75, 3.05) is 7.11 Å². The molecular formula is C11H9F2NO3. The van der Waals surface area contributed by atoms with E-state index in [0.29, 0.717) is 16.7 Å². The summed E-state index contributed by atoms with van der Waals surface area (Å²) < 4.78 is 31.4. The van der Waals surface area contributed by atoms with Crippen LogP contribution in [-0.2, 0) is 10.7 Å². The highest BCUT2D eigenvalue weighted by Gasteiger charge is 2.42. The number of nitrogens with one attached hydrogen (secondary N) is 1. The van der Waals surface area contributed by atoms with Gasteiger partial charge in [0.25, 0.3) is 0 Å². The maximum atomic E-state index is 13.2. The van der Waals surface area contributed by atoms with Crippen molar-refractivity contribution in [1.82, 2.24) is 4.98 Å². The number of ether oxygens (including phenoxy) is 1. The third-order valence-corrected chi connectivity index (χ3v) is 2.44. The number of benzene rings is 1. The predicted molar refractivity (Wildman–Crippen MR) is 56.4 cm³/mol. The molecule has 1 heterocycles. The highest BCUT2D eigenvalue weighted by molar-refractivity contribution is 5.85. The molecule has 2 N–H and O–H groups in total. The van der Waals surface area contributed by atoms with Gasteiger partial charge in [0.1, 0.15) is 5.75 Å². The van der Waals surface area contributed by atoms with E-state index < -0.39 is 17.6 Å². The number of carbonyl (C=O) groups is 1. The number of methoxy groups -OCH3 is 1. The summed E-state index contributed by atoms with van der Waals surface area (Å²) in [7, 11) is 1.46. The number of aliphatic carboxylic acids is 1. The van der Waals surface area contributed by atoms with Gasteiger partial charge in [-0.05, 0) is 18.2 Å². The fourth-order valence-electron chi connectivity index (χ4n) is 1.52. The van der Waals surface area contributed by atoms with Crippen LogP contribution in [0.15, 0.2) is 24.3 Å². The maximum absolute atomic E-state index is 13.2. The molecule has 0 saturated carbocycles. The van der Waals surface area contributed by atoms with Crippen molar-refractivity contribution in [3.8, 4) is 5.75 Å². The van der Waals surface area contributed by atoms with Gasteiger partial charge in [-0.15, -0.1) is 0 Å².